The van der Waals surface area contributed by atoms with E-state index in [9.17, 15) is 4.79 Å². The van der Waals surface area contributed by atoms with Crippen LogP contribution < -0.4 is 5.32 Å². The van der Waals surface area contributed by atoms with Crippen molar-refractivity contribution in [1.29, 1.82) is 0 Å². The molecule has 0 unspecified atom stereocenters. The average Bonchev–Trinajstić information content (AvgIpc) is 2.68. The molecule has 0 fully saturated rings. The molecule has 5 nitrogen and oxygen atoms in total. The normalized spacial score (nSPS) is 11.0. The number of rotatable bonds is 5. The van der Waals surface area contributed by atoms with Gasteiger partial charge in [0.15, 0.2) is 0 Å². The van der Waals surface area contributed by atoms with Gasteiger partial charge in [-0.15, -0.1) is 0 Å². The molecule has 1 heterocycles. The Bertz CT molecular complexity index is 664. The zero-order chi connectivity index (χ0) is 16.3. The number of aromatic nitrogens is 2. The van der Waals surface area contributed by atoms with Crippen molar-refractivity contribution in [3.8, 4) is 0 Å². The average molecular weight is 365 g/mol. The van der Waals surface area contributed by atoms with Crippen LogP contribution in [-0.4, -0.2) is 34.2 Å². The lowest BCUT2D eigenvalue weighted by Gasteiger charge is -2.16. The van der Waals surface area contributed by atoms with Crippen molar-refractivity contribution in [2.45, 2.75) is 20.4 Å². The van der Waals surface area contributed by atoms with Crippen molar-refractivity contribution in [2.24, 2.45) is 7.05 Å². The van der Waals surface area contributed by atoms with Gasteiger partial charge < -0.3 is 5.32 Å². The number of halogens is 1. The lowest BCUT2D eigenvalue weighted by atomic mass is 10.2. The monoisotopic (exact) mass is 364 g/mol. The van der Waals surface area contributed by atoms with Gasteiger partial charge in [-0.3, -0.25) is 14.4 Å². The Kier molecular flexibility index (Phi) is 5.37. The molecule has 1 N–H and O–H groups in total. The number of anilines is 1. The second kappa shape index (κ2) is 7.07. The minimum atomic E-state index is -0.0289. The third-order valence-electron chi connectivity index (χ3n) is 3.55. The van der Waals surface area contributed by atoms with Crippen molar-refractivity contribution in [3.05, 3.63) is 45.7 Å². The molecule has 0 bridgehead atoms. The van der Waals surface area contributed by atoms with E-state index in [2.05, 4.69) is 26.3 Å². The summed E-state index contributed by atoms with van der Waals surface area (Å²) < 4.78 is 2.83. The van der Waals surface area contributed by atoms with Gasteiger partial charge >= 0.3 is 0 Å². The van der Waals surface area contributed by atoms with E-state index in [4.69, 9.17) is 0 Å². The van der Waals surface area contributed by atoms with Gasteiger partial charge in [0.1, 0.15) is 0 Å². The number of amides is 1. The van der Waals surface area contributed by atoms with Gasteiger partial charge in [-0.05, 0) is 38.6 Å². The minimum absolute atomic E-state index is 0.0289. The Morgan fingerprint density at radius 3 is 2.50 bits per heavy atom. The predicted molar refractivity (Wildman–Crippen MR) is 91.8 cm³/mol. The molecule has 118 valence electrons. The Morgan fingerprint density at radius 2 is 1.95 bits per heavy atom. The predicted octanol–water partition coefficient (Wildman–Crippen LogP) is 2.87. The lowest BCUT2D eigenvalue weighted by Crippen LogP contribution is -2.30. The van der Waals surface area contributed by atoms with E-state index in [1.165, 1.54) is 5.56 Å². The second-order valence-electron chi connectivity index (χ2n) is 5.52. The summed E-state index contributed by atoms with van der Waals surface area (Å²) in [6.07, 6.45) is 0. The molecule has 0 radical (unpaired) electrons. The molecule has 22 heavy (non-hydrogen) atoms. The SMILES string of the molecule is Cc1nn(C)c(C)c1NC(=O)CN(C)Cc1ccc(Br)cc1. The molecule has 6 heteroatoms. The van der Waals surface area contributed by atoms with E-state index in [1.807, 2.05) is 57.1 Å². The number of nitrogens with one attached hydrogen (secondary N) is 1. The summed E-state index contributed by atoms with van der Waals surface area (Å²) >= 11 is 3.42. The topological polar surface area (TPSA) is 50.2 Å². The molecule has 0 atom stereocenters. The fraction of sp³-hybridized carbons (Fsp3) is 0.375. The number of benzene rings is 1. The smallest absolute Gasteiger partial charge is 0.238 e. The van der Waals surface area contributed by atoms with E-state index >= 15 is 0 Å². The van der Waals surface area contributed by atoms with Crippen LogP contribution in [0.2, 0.25) is 0 Å². The number of hydrogen-bond donors (Lipinski definition) is 1. The highest BCUT2D eigenvalue weighted by atomic mass is 79.9. The highest BCUT2D eigenvalue weighted by Gasteiger charge is 2.13. The van der Waals surface area contributed by atoms with Crippen LogP contribution >= 0.6 is 15.9 Å². The zero-order valence-electron chi connectivity index (χ0n) is 13.4. The van der Waals surface area contributed by atoms with Gasteiger partial charge in [0.25, 0.3) is 0 Å². The van der Waals surface area contributed by atoms with E-state index in [1.54, 1.807) is 4.68 Å². The van der Waals surface area contributed by atoms with Crippen LogP contribution in [0.15, 0.2) is 28.7 Å². The first-order chi connectivity index (χ1) is 10.4. The first-order valence-electron chi connectivity index (χ1n) is 7.10. The molecular weight excluding hydrogens is 344 g/mol. The summed E-state index contributed by atoms with van der Waals surface area (Å²) in [4.78, 5) is 14.2. The van der Waals surface area contributed by atoms with Crippen LogP contribution in [0.25, 0.3) is 0 Å². The molecular formula is C16H21BrN4O. The van der Waals surface area contributed by atoms with Crippen LogP contribution in [-0.2, 0) is 18.4 Å². The molecule has 0 spiro atoms. The van der Waals surface area contributed by atoms with Crippen LogP contribution in [0.5, 0.6) is 0 Å². The number of carbonyl (C=O) groups excluding carboxylic acids is 1. The first kappa shape index (κ1) is 16.7. The molecule has 0 saturated carbocycles. The number of aryl methyl sites for hydroxylation is 2. The third-order valence-corrected chi connectivity index (χ3v) is 4.08. The first-order valence-corrected chi connectivity index (χ1v) is 7.89. The highest BCUT2D eigenvalue weighted by molar-refractivity contribution is 9.10. The van der Waals surface area contributed by atoms with Gasteiger partial charge in [0.2, 0.25) is 5.91 Å². The number of likely N-dealkylation sites (N-methyl/N-ethyl adjacent to an activating group) is 1. The maximum Gasteiger partial charge on any atom is 0.238 e. The minimum Gasteiger partial charge on any atom is -0.322 e. The Balaban J connectivity index is 1.92. The summed E-state index contributed by atoms with van der Waals surface area (Å²) in [6.45, 7) is 4.91. The Hall–Kier alpha value is -1.66. The molecule has 0 saturated heterocycles. The zero-order valence-corrected chi connectivity index (χ0v) is 14.9. The fourth-order valence-corrected chi connectivity index (χ4v) is 2.60. The Morgan fingerprint density at radius 1 is 1.32 bits per heavy atom. The van der Waals surface area contributed by atoms with Crippen molar-refractivity contribution < 1.29 is 4.79 Å². The van der Waals surface area contributed by atoms with Crippen LogP contribution in [0.4, 0.5) is 5.69 Å². The van der Waals surface area contributed by atoms with Crippen molar-refractivity contribution >= 4 is 27.5 Å². The summed E-state index contributed by atoms with van der Waals surface area (Å²) in [5, 5.41) is 7.26. The lowest BCUT2D eigenvalue weighted by molar-refractivity contribution is -0.117. The number of carbonyl (C=O) groups is 1. The maximum absolute atomic E-state index is 12.2. The van der Waals surface area contributed by atoms with Crippen molar-refractivity contribution in [3.63, 3.8) is 0 Å². The van der Waals surface area contributed by atoms with Gasteiger partial charge in [-0.25, -0.2) is 0 Å². The van der Waals surface area contributed by atoms with Crippen molar-refractivity contribution in [2.75, 3.05) is 18.9 Å². The second-order valence-corrected chi connectivity index (χ2v) is 6.43. The molecule has 1 amide bonds. The van der Waals surface area contributed by atoms with Gasteiger partial charge in [0, 0.05) is 18.1 Å². The summed E-state index contributed by atoms with van der Waals surface area (Å²) in [5.41, 5.74) is 3.78. The number of nitrogens with zero attached hydrogens (tertiary/aromatic N) is 3. The molecule has 0 aliphatic carbocycles. The molecule has 1 aromatic carbocycles. The number of hydrogen-bond acceptors (Lipinski definition) is 3. The molecule has 2 rings (SSSR count). The maximum atomic E-state index is 12.2. The van der Waals surface area contributed by atoms with Gasteiger partial charge in [-0.1, -0.05) is 28.1 Å². The van der Waals surface area contributed by atoms with Crippen LogP contribution in [0, 0.1) is 13.8 Å². The van der Waals surface area contributed by atoms with E-state index in [-0.39, 0.29) is 5.91 Å². The fourth-order valence-electron chi connectivity index (χ4n) is 2.34. The summed E-state index contributed by atoms with van der Waals surface area (Å²) in [7, 11) is 3.81. The van der Waals surface area contributed by atoms with Crippen molar-refractivity contribution in [1.82, 2.24) is 14.7 Å². The van der Waals surface area contributed by atoms with Gasteiger partial charge in [0.05, 0.1) is 23.6 Å². The quantitative estimate of drug-likeness (QED) is 0.887. The summed E-state index contributed by atoms with van der Waals surface area (Å²) in [5.74, 6) is -0.0289. The van der Waals surface area contributed by atoms with Crippen LogP contribution in [0.3, 0.4) is 0 Å². The standard InChI is InChI=1S/C16H21BrN4O/c1-11-16(12(2)21(4)19-11)18-15(22)10-20(3)9-13-5-7-14(17)8-6-13/h5-8H,9-10H2,1-4H3,(H,18,22). The third kappa shape index (κ3) is 4.18. The van der Waals surface area contributed by atoms with Gasteiger partial charge in [-0.2, -0.15) is 5.10 Å². The van der Waals surface area contributed by atoms with E-state index in [0.29, 0.717) is 6.54 Å². The summed E-state index contributed by atoms with van der Waals surface area (Å²) in [6, 6.07) is 8.11. The molecule has 0 aliphatic rings. The van der Waals surface area contributed by atoms with E-state index < -0.39 is 0 Å². The highest BCUT2D eigenvalue weighted by Crippen LogP contribution is 2.18. The van der Waals surface area contributed by atoms with E-state index in [0.717, 1.165) is 28.1 Å². The molecule has 0 aliphatic heterocycles. The van der Waals surface area contributed by atoms with Crippen LogP contribution in [0.1, 0.15) is 17.0 Å². The largest absolute Gasteiger partial charge is 0.322 e. The molecule has 1 aromatic heterocycles. The Labute approximate surface area is 139 Å². The molecule has 2 aromatic rings.